The molecule has 0 aliphatic rings. The number of nitro benzene ring substituents is 1. The molecule has 0 fully saturated rings. The van der Waals surface area contributed by atoms with Crippen molar-refractivity contribution in [1.29, 1.82) is 0 Å². The van der Waals surface area contributed by atoms with Gasteiger partial charge in [0.05, 0.1) is 10.6 Å². The quantitative estimate of drug-likeness (QED) is 0.329. The lowest BCUT2D eigenvalue weighted by Gasteiger charge is -2.09. The summed E-state index contributed by atoms with van der Waals surface area (Å²) in [6.45, 7) is 2.44. The van der Waals surface area contributed by atoms with Gasteiger partial charge in [0.1, 0.15) is 5.69 Å². The zero-order chi connectivity index (χ0) is 20.1. The molecular formula is C19H19N5O4. The number of nitrogens with zero attached hydrogens (tertiary/aromatic N) is 2. The Morgan fingerprint density at radius 1 is 1.14 bits per heavy atom. The van der Waals surface area contributed by atoms with Crippen LogP contribution in [0.15, 0.2) is 59.5 Å². The number of carbonyl (C=O) groups is 1. The molecule has 0 unspecified atom stereocenters. The fourth-order valence-electron chi connectivity index (χ4n) is 2.80. The number of imidazole rings is 1. The molecule has 0 radical (unpaired) electrons. The number of benzene rings is 2. The number of rotatable bonds is 7. The molecule has 3 aromatic rings. The van der Waals surface area contributed by atoms with Crippen LogP contribution < -0.4 is 16.3 Å². The summed E-state index contributed by atoms with van der Waals surface area (Å²) in [6, 6.07) is 13.0. The fraction of sp³-hybridized carbons (Fsp3) is 0.158. The molecule has 0 spiro atoms. The van der Waals surface area contributed by atoms with Crippen LogP contribution in [0.3, 0.4) is 0 Å². The summed E-state index contributed by atoms with van der Waals surface area (Å²) >= 11 is 0. The molecule has 0 atom stereocenters. The molecule has 3 N–H and O–H groups in total. The zero-order valence-electron chi connectivity index (χ0n) is 15.1. The van der Waals surface area contributed by atoms with Crippen molar-refractivity contribution in [3.05, 3.63) is 86.6 Å². The molecule has 0 saturated heterocycles. The molecule has 0 aliphatic heterocycles. The van der Waals surface area contributed by atoms with Crippen LogP contribution in [0.4, 0.5) is 11.4 Å². The van der Waals surface area contributed by atoms with E-state index in [2.05, 4.69) is 15.6 Å². The van der Waals surface area contributed by atoms with Crippen molar-refractivity contribution >= 4 is 17.3 Å². The average Bonchev–Trinajstić information content (AvgIpc) is 3.03. The summed E-state index contributed by atoms with van der Waals surface area (Å²) in [7, 11) is 0. The third-order valence-corrected chi connectivity index (χ3v) is 4.17. The molecule has 1 aromatic heterocycles. The Morgan fingerprint density at radius 3 is 2.50 bits per heavy atom. The molecule has 28 heavy (non-hydrogen) atoms. The predicted molar refractivity (Wildman–Crippen MR) is 105 cm³/mol. The van der Waals surface area contributed by atoms with Crippen LogP contribution in [0.5, 0.6) is 0 Å². The topological polar surface area (TPSA) is 122 Å². The molecule has 9 nitrogen and oxygen atoms in total. The summed E-state index contributed by atoms with van der Waals surface area (Å²) in [4.78, 5) is 37.2. The van der Waals surface area contributed by atoms with E-state index in [0.29, 0.717) is 30.0 Å². The van der Waals surface area contributed by atoms with E-state index < -0.39 is 4.92 Å². The highest BCUT2D eigenvalue weighted by Crippen LogP contribution is 2.22. The van der Waals surface area contributed by atoms with Gasteiger partial charge in [-0.15, -0.1) is 0 Å². The van der Waals surface area contributed by atoms with E-state index >= 15 is 0 Å². The number of nitro groups is 1. The van der Waals surface area contributed by atoms with E-state index in [0.717, 1.165) is 5.69 Å². The Balaban J connectivity index is 1.56. The van der Waals surface area contributed by atoms with E-state index in [1.807, 2.05) is 6.92 Å². The number of amides is 1. The van der Waals surface area contributed by atoms with Gasteiger partial charge in [-0.1, -0.05) is 12.1 Å². The van der Waals surface area contributed by atoms with Crippen molar-refractivity contribution in [2.75, 3.05) is 18.4 Å². The largest absolute Gasteiger partial charge is 0.378 e. The lowest BCUT2D eigenvalue weighted by molar-refractivity contribution is -0.384. The molecule has 1 heterocycles. The van der Waals surface area contributed by atoms with Gasteiger partial charge in [-0.2, -0.15) is 0 Å². The van der Waals surface area contributed by atoms with Gasteiger partial charge in [-0.25, -0.2) is 4.79 Å². The van der Waals surface area contributed by atoms with Crippen LogP contribution in [-0.4, -0.2) is 33.5 Å². The second-order valence-electron chi connectivity index (χ2n) is 6.07. The number of nitrogens with one attached hydrogen (secondary N) is 3. The van der Waals surface area contributed by atoms with Gasteiger partial charge in [0.2, 0.25) is 0 Å². The van der Waals surface area contributed by atoms with Crippen molar-refractivity contribution < 1.29 is 9.72 Å². The minimum atomic E-state index is -0.458. The smallest absolute Gasteiger partial charge is 0.330 e. The lowest BCUT2D eigenvalue weighted by atomic mass is 10.2. The maximum absolute atomic E-state index is 12.2. The maximum Gasteiger partial charge on any atom is 0.330 e. The molecule has 0 saturated carbocycles. The molecule has 0 aliphatic carbocycles. The first-order chi connectivity index (χ1) is 13.5. The van der Waals surface area contributed by atoms with Crippen LogP contribution in [0.25, 0.3) is 5.69 Å². The van der Waals surface area contributed by atoms with E-state index in [-0.39, 0.29) is 17.3 Å². The first-order valence-electron chi connectivity index (χ1n) is 8.60. The van der Waals surface area contributed by atoms with Gasteiger partial charge >= 0.3 is 5.69 Å². The molecule has 144 valence electrons. The molecule has 9 heteroatoms. The number of anilines is 1. The van der Waals surface area contributed by atoms with Gasteiger partial charge in [0.25, 0.3) is 11.6 Å². The highest BCUT2D eigenvalue weighted by Gasteiger charge is 2.12. The minimum Gasteiger partial charge on any atom is -0.378 e. The predicted octanol–water partition coefficient (Wildman–Crippen LogP) is 2.22. The minimum absolute atomic E-state index is 0.0142. The van der Waals surface area contributed by atoms with Gasteiger partial charge in [0.15, 0.2) is 0 Å². The summed E-state index contributed by atoms with van der Waals surface area (Å²) in [5.74, 6) is -0.269. The van der Waals surface area contributed by atoms with E-state index in [4.69, 9.17) is 0 Å². The molecule has 2 aromatic carbocycles. The first kappa shape index (κ1) is 18.9. The Bertz CT molecular complexity index is 1050. The number of aryl methyl sites for hydroxylation is 1. The Hall–Kier alpha value is -3.88. The number of carbonyl (C=O) groups excluding carboxylic acids is 1. The zero-order valence-corrected chi connectivity index (χ0v) is 15.1. The highest BCUT2D eigenvalue weighted by atomic mass is 16.6. The van der Waals surface area contributed by atoms with E-state index in [9.17, 15) is 19.7 Å². The number of H-pyrrole nitrogens is 1. The molecule has 1 amide bonds. The Morgan fingerprint density at radius 2 is 1.86 bits per heavy atom. The standard InChI is InChI=1S/C19H19N5O4/c1-13-12-22-19(26)23(13)15-8-6-14(7-9-15)18(25)21-11-10-20-16-4-2-3-5-17(16)24(27)28/h2-9,12,20H,10-11H2,1H3,(H,21,25)(H,22,26). The molecule has 3 rings (SSSR count). The van der Waals surface area contributed by atoms with Gasteiger partial charge in [-0.3, -0.25) is 19.5 Å². The monoisotopic (exact) mass is 381 g/mol. The summed E-state index contributed by atoms with van der Waals surface area (Å²) < 4.78 is 1.51. The van der Waals surface area contributed by atoms with Crippen molar-refractivity contribution in [3.63, 3.8) is 0 Å². The van der Waals surface area contributed by atoms with Gasteiger partial charge in [-0.05, 0) is 37.3 Å². The Labute approximate surface area is 160 Å². The average molecular weight is 381 g/mol. The Kier molecular flexibility index (Phi) is 5.54. The SMILES string of the molecule is Cc1c[nH]c(=O)n1-c1ccc(C(=O)NCCNc2ccccc2[N+](=O)[O-])cc1. The third-order valence-electron chi connectivity index (χ3n) is 4.17. The number of aromatic amines is 1. The number of aromatic nitrogens is 2. The van der Waals surface area contributed by atoms with Gasteiger partial charge in [0, 0.05) is 36.6 Å². The van der Waals surface area contributed by atoms with Crippen LogP contribution in [-0.2, 0) is 0 Å². The number of hydrogen-bond acceptors (Lipinski definition) is 5. The van der Waals surface area contributed by atoms with E-state index in [1.54, 1.807) is 48.7 Å². The van der Waals surface area contributed by atoms with Crippen molar-refractivity contribution in [3.8, 4) is 5.69 Å². The lowest BCUT2D eigenvalue weighted by Crippen LogP contribution is -2.28. The van der Waals surface area contributed by atoms with Crippen LogP contribution in [0, 0.1) is 17.0 Å². The molecule has 0 bridgehead atoms. The summed E-state index contributed by atoms with van der Waals surface area (Å²) in [5.41, 5.74) is 2.03. The maximum atomic E-state index is 12.2. The molecular weight excluding hydrogens is 362 g/mol. The van der Waals surface area contributed by atoms with Gasteiger partial charge < -0.3 is 15.6 Å². The summed E-state index contributed by atoms with van der Waals surface area (Å²) in [5, 5.41) is 16.7. The normalized spacial score (nSPS) is 10.5. The van der Waals surface area contributed by atoms with Crippen LogP contribution >= 0.6 is 0 Å². The van der Waals surface area contributed by atoms with Crippen LogP contribution in [0.2, 0.25) is 0 Å². The van der Waals surface area contributed by atoms with Crippen LogP contribution in [0.1, 0.15) is 16.1 Å². The highest BCUT2D eigenvalue weighted by molar-refractivity contribution is 5.94. The number of para-hydroxylation sites is 2. The number of hydrogen-bond donors (Lipinski definition) is 3. The third kappa shape index (κ3) is 4.09. The second kappa shape index (κ2) is 8.21. The van der Waals surface area contributed by atoms with Crippen molar-refractivity contribution in [2.45, 2.75) is 6.92 Å². The fourth-order valence-corrected chi connectivity index (χ4v) is 2.80. The van der Waals surface area contributed by atoms with Crippen molar-refractivity contribution in [2.24, 2.45) is 0 Å². The summed E-state index contributed by atoms with van der Waals surface area (Å²) in [6.07, 6.45) is 1.62. The van der Waals surface area contributed by atoms with Crippen molar-refractivity contribution in [1.82, 2.24) is 14.9 Å². The van der Waals surface area contributed by atoms with E-state index in [1.165, 1.54) is 10.6 Å². The first-order valence-corrected chi connectivity index (χ1v) is 8.60. The second-order valence-corrected chi connectivity index (χ2v) is 6.07.